The molecule has 0 spiro atoms. The lowest BCUT2D eigenvalue weighted by Gasteiger charge is -2.32. The molecule has 150 valence electrons. The van der Waals surface area contributed by atoms with E-state index in [9.17, 15) is 22.8 Å². The second-order valence-corrected chi connectivity index (χ2v) is 6.88. The normalized spacial score (nSPS) is 17.5. The molecule has 0 bridgehead atoms. The van der Waals surface area contributed by atoms with E-state index in [-0.39, 0.29) is 23.8 Å². The third-order valence-corrected chi connectivity index (χ3v) is 4.86. The number of alkyl halides is 3. The van der Waals surface area contributed by atoms with Crippen molar-refractivity contribution >= 4 is 11.7 Å². The van der Waals surface area contributed by atoms with Gasteiger partial charge in [0, 0.05) is 37.5 Å². The first-order valence-corrected chi connectivity index (χ1v) is 9.16. The Labute approximate surface area is 160 Å². The van der Waals surface area contributed by atoms with Gasteiger partial charge in [-0.15, -0.1) is 0 Å². The maximum Gasteiger partial charge on any atom is 0.416 e. The highest BCUT2D eigenvalue weighted by atomic mass is 19.4. The van der Waals surface area contributed by atoms with Crippen LogP contribution in [0.5, 0.6) is 0 Å². The highest BCUT2D eigenvalue weighted by Gasteiger charge is 2.33. The molecule has 9 heteroatoms. The Morgan fingerprint density at radius 2 is 2.07 bits per heavy atom. The van der Waals surface area contributed by atoms with Crippen molar-refractivity contribution in [2.24, 2.45) is 5.92 Å². The number of carbonyl (C=O) groups is 2. The third-order valence-electron chi connectivity index (χ3n) is 4.86. The smallest absolute Gasteiger partial charge is 0.342 e. The Hall–Kier alpha value is -2.71. The average molecular weight is 394 g/mol. The molecule has 1 aromatic carbocycles. The molecule has 1 amide bonds. The molecule has 1 aliphatic rings. The highest BCUT2D eigenvalue weighted by Crippen LogP contribution is 2.30. The molecular weight excluding hydrogens is 373 g/mol. The number of nitrogens with zero attached hydrogens (tertiary/aromatic N) is 4. The number of halogens is 3. The van der Waals surface area contributed by atoms with Crippen molar-refractivity contribution in [3.63, 3.8) is 0 Å². The molecule has 0 saturated carbocycles. The largest absolute Gasteiger partial charge is 0.416 e. The van der Waals surface area contributed by atoms with Crippen LogP contribution in [-0.4, -0.2) is 44.4 Å². The molecule has 1 aliphatic heterocycles. The zero-order valence-electron chi connectivity index (χ0n) is 15.2. The molecule has 0 N–H and O–H groups in total. The monoisotopic (exact) mass is 394 g/mol. The molecule has 2 aromatic rings. The number of aryl methyl sites for hydroxylation is 1. The number of hydrogen-bond acceptors (Lipinski definition) is 4. The summed E-state index contributed by atoms with van der Waals surface area (Å²) in [7, 11) is 0. The van der Waals surface area contributed by atoms with Gasteiger partial charge in [-0.1, -0.05) is 12.1 Å². The first-order chi connectivity index (χ1) is 13.3. The summed E-state index contributed by atoms with van der Waals surface area (Å²) < 4.78 is 40.3. The van der Waals surface area contributed by atoms with Gasteiger partial charge in [0.15, 0.2) is 5.78 Å². The van der Waals surface area contributed by atoms with Crippen LogP contribution in [0.15, 0.2) is 36.9 Å². The van der Waals surface area contributed by atoms with E-state index < -0.39 is 17.7 Å². The molecular formula is C19H21F3N4O2. The van der Waals surface area contributed by atoms with Gasteiger partial charge in [0.05, 0.1) is 5.56 Å². The lowest BCUT2D eigenvalue weighted by atomic mass is 9.89. The van der Waals surface area contributed by atoms with Crippen molar-refractivity contribution < 1.29 is 22.8 Å². The Morgan fingerprint density at radius 1 is 1.25 bits per heavy atom. The molecule has 1 aromatic heterocycles. The number of aromatic nitrogens is 3. The van der Waals surface area contributed by atoms with E-state index in [4.69, 9.17) is 0 Å². The fourth-order valence-electron chi connectivity index (χ4n) is 3.40. The summed E-state index contributed by atoms with van der Waals surface area (Å²) in [6, 6.07) is 4.48. The molecule has 0 aliphatic carbocycles. The number of piperidine rings is 1. The lowest BCUT2D eigenvalue weighted by Crippen LogP contribution is -2.42. The fourth-order valence-corrected chi connectivity index (χ4v) is 3.40. The van der Waals surface area contributed by atoms with Crippen molar-refractivity contribution in [3.8, 4) is 0 Å². The van der Waals surface area contributed by atoms with Gasteiger partial charge >= 0.3 is 6.18 Å². The predicted molar refractivity (Wildman–Crippen MR) is 94.3 cm³/mol. The summed E-state index contributed by atoms with van der Waals surface area (Å²) in [4.78, 5) is 30.6. The van der Waals surface area contributed by atoms with Gasteiger partial charge < -0.3 is 4.90 Å². The number of carbonyl (C=O) groups excluding carboxylic acids is 2. The zero-order chi connectivity index (χ0) is 20.1. The van der Waals surface area contributed by atoms with Crippen LogP contribution >= 0.6 is 0 Å². The number of ketones is 1. The van der Waals surface area contributed by atoms with E-state index in [0.29, 0.717) is 38.8 Å². The van der Waals surface area contributed by atoms with E-state index in [1.807, 2.05) is 0 Å². The quantitative estimate of drug-likeness (QED) is 0.706. The maximum atomic E-state index is 12.9. The van der Waals surface area contributed by atoms with E-state index in [0.717, 1.165) is 12.1 Å². The van der Waals surface area contributed by atoms with Crippen LogP contribution < -0.4 is 0 Å². The Bertz CT molecular complexity index is 821. The number of hydrogen-bond donors (Lipinski definition) is 0. The second kappa shape index (κ2) is 8.53. The van der Waals surface area contributed by atoms with Gasteiger partial charge in [-0.3, -0.25) is 14.3 Å². The Kier molecular flexibility index (Phi) is 6.11. The van der Waals surface area contributed by atoms with Crippen molar-refractivity contribution in [1.82, 2.24) is 19.7 Å². The number of amides is 1. The maximum absolute atomic E-state index is 12.9. The lowest BCUT2D eigenvalue weighted by molar-refractivity contribution is -0.137. The van der Waals surface area contributed by atoms with Crippen LogP contribution in [0.25, 0.3) is 0 Å². The second-order valence-electron chi connectivity index (χ2n) is 6.88. The molecule has 1 fully saturated rings. The SMILES string of the molecule is O=C(c1cccc(C(F)(F)F)c1)[C@H]1CCCN(C(=O)CCCn2cncn2)C1. The highest BCUT2D eigenvalue weighted by molar-refractivity contribution is 5.98. The Morgan fingerprint density at radius 3 is 2.79 bits per heavy atom. The minimum atomic E-state index is -4.49. The summed E-state index contributed by atoms with van der Waals surface area (Å²) in [5, 5.41) is 3.97. The van der Waals surface area contributed by atoms with E-state index >= 15 is 0 Å². The van der Waals surface area contributed by atoms with E-state index in [2.05, 4.69) is 10.1 Å². The number of likely N-dealkylation sites (tertiary alicyclic amines) is 1. The van der Waals surface area contributed by atoms with Crippen molar-refractivity contribution in [2.45, 2.75) is 38.4 Å². The fraction of sp³-hybridized carbons (Fsp3) is 0.474. The molecule has 0 unspecified atom stereocenters. The first-order valence-electron chi connectivity index (χ1n) is 9.16. The molecule has 0 radical (unpaired) electrons. The average Bonchev–Trinajstić information content (AvgIpc) is 3.20. The van der Waals surface area contributed by atoms with Crippen LogP contribution in [-0.2, 0) is 17.5 Å². The van der Waals surface area contributed by atoms with Gasteiger partial charge in [0.2, 0.25) is 5.91 Å². The molecule has 3 rings (SSSR count). The van der Waals surface area contributed by atoms with Crippen molar-refractivity contribution in [2.75, 3.05) is 13.1 Å². The molecule has 1 atom stereocenters. The van der Waals surface area contributed by atoms with Gasteiger partial charge in [0.25, 0.3) is 0 Å². The standard InChI is InChI=1S/C19H21F3N4O2/c20-19(21,22)16-6-1-4-14(10-16)18(28)15-5-2-8-25(11-15)17(27)7-3-9-26-13-23-12-24-26/h1,4,6,10,12-13,15H,2-3,5,7-9,11H2/t15-/m0/s1. The van der Waals surface area contributed by atoms with Gasteiger partial charge in [-0.2, -0.15) is 18.3 Å². The third kappa shape index (κ3) is 4.96. The number of rotatable bonds is 6. The number of benzene rings is 1. The van der Waals surface area contributed by atoms with E-state index in [1.165, 1.54) is 18.5 Å². The van der Waals surface area contributed by atoms with Crippen molar-refractivity contribution in [3.05, 3.63) is 48.0 Å². The summed E-state index contributed by atoms with van der Waals surface area (Å²) in [6.07, 6.45) is 0.664. The van der Waals surface area contributed by atoms with Gasteiger partial charge in [-0.25, -0.2) is 4.98 Å². The van der Waals surface area contributed by atoms with Crippen LogP contribution in [0.3, 0.4) is 0 Å². The van der Waals surface area contributed by atoms with Crippen LogP contribution in [0, 0.1) is 5.92 Å². The zero-order valence-corrected chi connectivity index (χ0v) is 15.2. The molecule has 28 heavy (non-hydrogen) atoms. The molecule has 1 saturated heterocycles. The number of Topliss-reactive ketones (excluding diaryl/α,β-unsaturated/α-hetero) is 1. The van der Waals surface area contributed by atoms with E-state index in [1.54, 1.807) is 15.9 Å². The summed E-state index contributed by atoms with van der Waals surface area (Å²) in [5.41, 5.74) is -0.796. The summed E-state index contributed by atoms with van der Waals surface area (Å²) in [6.45, 7) is 1.39. The van der Waals surface area contributed by atoms with Crippen LogP contribution in [0.1, 0.15) is 41.6 Å². The van der Waals surface area contributed by atoms with Gasteiger partial charge in [0.1, 0.15) is 12.7 Å². The summed E-state index contributed by atoms with van der Waals surface area (Å²) >= 11 is 0. The topological polar surface area (TPSA) is 68.1 Å². The van der Waals surface area contributed by atoms with Crippen molar-refractivity contribution in [1.29, 1.82) is 0 Å². The van der Waals surface area contributed by atoms with Crippen LogP contribution in [0.4, 0.5) is 13.2 Å². The Balaban J connectivity index is 1.58. The first kappa shape index (κ1) is 20.0. The minimum Gasteiger partial charge on any atom is -0.342 e. The molecule has 6 nitrogen and oxygen atoms in total. The molecule has 2 heterocycles. The minimum absolute atomic E-state index is 0.0420. The van der Waals surface area contributed by atoms with Crippen LogP contribution in [0.2, 0.25) is 0 Å². The predicted octanol–water partition coefficient (Wildman–Crippen LogP) is 3.20. The van der Waals surface area contributed by atoms with Gasteiger partial charge in [-0.05, 0) is 31.4 Å². The summed E-state index contributed by atoms with van der Waals surface area (Å²) in [5.74, 6) is -0.871.